The summed E-state index contributed by atoms with van der Waals surface area (Å²) in [4.78, 5) is 33.1. The number of hydrogen-bond donors (Lipinski definition) is 1. The van der Waals surface area contributed by atoms with E-state index in [4.69, 9.17) is 4.99 Å². The van der Waals surface area contributed by atoms with E-state index in [9.17, 15) is 9.59 Å². The number of hydrogen-bond acceptors (Lipinski definition) is 4. The van der Waals surface area contributed by atoms with Gasteiger partial charge in [-0.1, -0.05) is 24.3 Å². The van der Waals surface area contributed by atoms with Gasteiger partial charge in [0.15, 0.2) is 0 Å². The molecule has 0 radical (unpaired) electrons. The van der Waals surface area contributed by atoms with Gasteiger partial charge in [0.05, 0.1) is 23.5 Å². The van der Waals surface area contributed by atoms with Gasteiger partial charge in [0.1, 0.15) is 6.54 Å². The average Bonchev–Trinajstić information content (AvgIpc) is 3.20. The second-order valence-corrected chi connectivity index (χ2v) is 7.98. The average molecular weight is 404 g/mol. The Morgan fingerprint density at radius 3 is 2.59 bits per heavy atom. The highest BCUT2D eigenvalue weighted by atomic mass is 32.1. The van der Waals surface area contributed by atoms with Crippen molar-refractivity contribution in [2.45, 2.75) is 20.3 Å². The number of aryl methyl sites for hydroxylation is 2. The molecule has 146 valence electrons. The molecule has 0 aliphatic carbocycles. The number of nitrogens with one attached hydrogen (secondary N) is 1. The minimum absolute atomic E-state index is 0.0591. The fourth-order valence-corrected chi connectivity index (χ4v) is 3.99. The van der Waals surface area contributed by atoms with Crippen molar-refractivity contribution in [2.75, 3.05) is 16.8 Å². The van der Waals surface area contributed by atoms with E-state index in [-0.39, 0.29) is 24.8 Å². The molecule has 5 nitrogen and oxygen atoms in total. The number of aliphatic imine (C=N–C) groups is 1. The van der Waals surface area contributed by atoms with Crippen molar-refractivity contribution in [2.24, 2.45) is 4.99 Å². The molecule has 0 saturated heterocycles. The summed E-state index contributed by atoms with van der Waals surface area (Å²) in [5.41, 5.74) is 4.99. The topological polar surface area (TPSA) is 61.8 Å². The predicted molar refractivity (Wildman–Crippen MR) is 118 cm³/mol. The fourth-order valence-electron chi connectivity index (χ4n) is 3.27. The summed E-state index contributed by atoms with van der Waals surface area (Å²) in [6.45, 7) is 3.96. The number of fused-ring (bicyclic) bond motifs is 1. The number of thiophene rings is 1. The molecule has 2 heterocycles. The molecule has 1 aliphatic heterocycles. The maximum absolute atomic E-state index is 13.1. The molecule has 0 saturated carbocycles. The van der Waals surface area contributed by atoms with Gasteiger partial charge in [-0.2, -0.15) is 0 Å². The molecule has 1 aromatic heterocycles. The van der Waals surface area contributed by atoms with Gasteiger partial charge in [0.2, 0.25) is 11.8 Å². The summed E-state index contributed by atoms with van der Waals surface area (Å²) in [6, 6.07) is 17.1. The highest BCUT2D eigenvalue weighted by Crippen LogP contribution is 2.36. The van der Waals surface area contributed by atoms with Crippen molar-refractivity contribution in [1.29, 1.82) is 0 Å². The highest BCUT2D eigenvalue weighted by Gasteiger charge is 2.27. The quantitative estimate of drug-likeness (QED) is 0.676. The first-order chi connectivity index (χ1) is 14.0. The zero-order valence-corrected chi connectivity index (χ0v) is 17.1. The Balaban J connectivity index is 1.68. The number of carbonyl (C=O) groups is 2. The standard InChI is InChI=1S/C23H21N3O2S/c1-15-11-18-20(12-16(15)2)26(14-22(27)24-17-7-4-3-5-8-17)23(28)13-19(25-18)21-9-6-10-29-21/h3-12H,13-14H2,1-2H3,(H,24,27). The van der Waals surface area contributed by atoms with Gasteiger partial charge in [-0.3, -0.25) is 9.59 Å². The number of benzene rings is 2. The first kappa shape index (κ1) is 19.1. The Labute approximate surface area is 173 Å². The molecule has 2 amide bonds. The van der Waals surface area contributed by atoms with Crippen molar-refractivity contribution in [3.63, 3.8) is 0 Å². The van der Waals surface area contributed by atoms with Crippen LogP contribution in [0.2, 0.25) is 0 Å². The van der Waals surface area contributed by atoms with Crippen LogP contribution in [0.4, 0.5) is 17.1 Å². The first-order valence-corrected chi connectivity index (χ1v) is 10.3. The second-order valence-electron chi connectivity index (χ2n) is 7.03. The van der Waals surface area contributed by atoms with Gasteiger partial charge in [-0.25, -0.2) is 4.99 Å². The van der Waals surface area contributed by atoms with E-state index in [0.29, 0.717) is 11.4 Å². The van der Waals surface area contributed by atoms with E-state index in [2.05, 4.69) is 5.32 Å². The highest BCUT2D eigenvalue weighted by molar-refractivity contribution is 7.12. The molecule has 0 unspecified atom stereocenters. The van der Waals surface area contributed by atoms with Crippen molar-refractivity contribution in [3.8, 4) is 0 Å². The van der Waals surface area contributed by atoms with Gasteiger partial charge in [0.25, 0.3) is 0 Å². The SMILES string of the molecule is Cc1cc2c(cc1C)N(CC(=O)Nc1ccccc1)C(=O)CC(c1cccs1)=N2. The Morgan fingerprint density at radius 1 is 1.10 bits per heavy atom. The number of amides is 2. The van der Waals surface area contributed by atoms with Crippen LogP contribution >= 0.6 is 11.3 Å². The van der Waals surface area contributed by atoms with Crippen LogP contribution in [0.1, 0.15) is 22.4 Å². The summed E-state index contributed by atoms with van der Waals surface area (Å²) < 4.78 is 0. The normalized spacial score (nSPS) is 13.5. The van der Waals surface area contributed by atoms with E-state index >= 15 is 0 Å². The van der Waals surface area contributed by atoms with Crippen molar-refractivity contribution < 1.29 is 9.59 Å². The van der Waals surface area contributed by atoms with Crippen LogP contribution < -0.4 is 10.2 Å². The maximum Gasteiger partial charge on any atom is 0.244 e. The zero-order chi connectivity index (χ0) is 20.4. The molecule has 29 heavy (non-hydrogen) atoms. The summed E-state index contributed by atoms with van der Waals surface area (Å²) in [5.74, 6) is -0.379. The molecule has 3 aromatic rings. The monoisotopic (exact) mass is 403 g/mol. The maximum atomic E-state index is 13.1. The number of carbonyl (C=O) groups excluding carboxylic acids is 2. The number of anilines is 2. The van der Waals surface area contributed by atoms with E-state index in [1.54, 1.807) is 16.2 Å². The Morgan fingerprint density at radius 2 is 1.86 bits per heavy atom. The Bertz CT molecular complexity index is 1090. The number of para-hydroxylation sites is 1. The van der Waals surface area contributed by atoms with E-state index in [0.717, 1.165) is 27.4 Å². The van der Waals surface area contributed by atoms with E-state index < -0.39 is 0 Å². The van der Waals surface area contributed by atoms with Gasteiger partial charge in [-0.05, 0) is 60.7 Å². The largest absolute Gasteiger partial charge is 0.325 e. The van der Waals surface area contributed by atoms with Crippen LogP contribution in [0.3, 0.4) is 0 Å². The smallest absolute Gasteiger partial charge is 0.244 e. The Kier molecular flexibility index (Phi) is 5.27. The lowest BCUT2D eigenvalue weighted by Gasteiger charge is -2.23. The molecule has 0 atom stereocenters. The predicted octanol–water partition coefficient (Wildman–Crippen LogP) is 4.86. The number of nitrogens with zero attached hydrogens (tertiary/aromatic N) is 2. The number of rotatable bonds is 4. The minimum Gasteiger partial charge on any atom is -0.325 e. The zero-order valence-electron chi connectivity index (χ0n) is 16.3. The van der Waals surface area contributed by atoms with Gasteiger partial charge < -0.3 is 10.2 Å². The van der Waals surface area contributed by atoms with E-state index in [1.165, 1.54) is 0 Å². The third-order valence-corrected chi connectivity index (χ3v) is 5.84. The van der Waals surface area contributed by atoms with Gasteiger partial charge >= 0.3 is 0 Å². The molecule has 0 bridgehead atoms. The molecule has 4 rings (SSSR count). The summed E-state index contributed by atoms with van der Waals surface area (Å²) >= 11 is 1.56. The summed E-state index contributed by atoms with van der Waals surface area (Å²) in [6.07, 6.45) is 0.159. The van der Waals surface area contributed by atoms with Crippen molar-refractivity contribution in [1.82, 2.24) is 0 Å². The van der Waals surface area contributed by atoms with Crippen molar-refractivity contribution in [3.05, 3.63) is 76.0 Å². The van der Waals surface area contributed by atoms with Crippen LogP contribution in [0.5, 0.6) is 0 Å². The molecular formula is C23H21N3O2S. The third kappa shape index (κ3) is 4.12. The molecule has 2 aromatic carbocycles. The van der Waals surface area contributed by atoms with Crippen LogP contribution in [-0.2, 0) is 9.59 Å². The lowest BCUT2D eigenvalue weighted by Crippen LogP contribution is -2.38. The van der Waals surface area contributed by atoms with Gasteiger partial charge in [-0.15, -0.1) is 11.3 Å². The molecule has 1 N–H and O–H groups in total. The summed E-state index contributed by atoms with van der Waals surface area (Å²) in [5, 5.41) is 4.83. The van der Waals surface area contributed by atoms with Gasteiger partial charge in [0, 0.05) is 10.6 Å². The van der Waals surface area contributed by atoms with Crippen LogP contribution in [0.25, 0.3) is 0 Å². The van der Waals surface area contributed by atoms with Crippen LogP contribution in [0, 0.1) is 13.8 Å². The minimum atomic E-state index is -0.242. The second kappa shape index (κ2) is 8.01. The molecule has 0 fully saturated rings. The van der Waals surface area contributed by atoms with Crippen LogP contribution in [-0.4, -0.2) is 24.1 Å². The third-order valence-electron chi connectivity index (χ3n) is 4.92. The first-order valence-electron chi connectivity index (χ1n) is 9.39. The summed E-state index contributed by atoms with van der Waals surface area (Å²) in [7, 11) is 0. The molecule has 0 spiro atoms. The molecule has 1 aliphatic rings. The van der Waals surface area contributed by atoms with Crippen molar-refractivity contribution >= 4 is 45.9 Å². The fraction of sp³-hybridized carbons (Fsp3) is 0.174. The lowest BCUT2D eigenvalue weighted by molar-refractivity contribution is -0.120. The van der Waals surface area contributed by atoms with Crippen LogP contribution in [0.15, 0.2) is 65.0 Å². The molecular weight excluding hydrogens is 382 g/mol. The lowest BCUT2D eigenvalue weighted by atomic mass is 10.1. The Hall–Kier alpha value is -3.25. The van der Waals surface area contributed by atoms with E-state index in [1.807, 2.05) is 73.8 Å². The molecule has 6 heteroatoms.